The molecule has 0 aliphatic carbocycles. The van der Waals surface area contributed by atoms with Gasteiger partial charge in [-0.05, 0) is 43.3 Å². The minimum Gasteiger partial charge on any atom is -0.497 e. The molecule has 0 radical (unpaired) electrons. The number of aryl methyl sites for hydroxylation is 1. The fourth-order valence-electron chi connectivity index (χ4n) is 1.94. The first-order chi connectivity index (χ1) is 10.7. The van der Waals surface area contributed by atoms with Gasteiger partial charge in [0.25, 0.3) is 5.91 Å². The first-order valence-electron chi connectivity index (χ1n) is 6.63. The fourth-order valence-corrected chi connectivity index (χ4v) is 2.66. The normalized spacial score (nSPS) is 10.5. The molecule has 0 aliphatic rings. The van der Waals surface area contributed by atoms with Crippen molar-refractivity contribution < 1.29 is 13.9 Å². The van der Waals surface area contributed by atoms with E-state index in [1.165, 1.54) is 11.3 Å². The van der Waals surface area contributed by atoms with E-state index < -0.39 is 0 Å². The number of ether oxygens (including phenoxy) is 1. The number of methoxy groups -OCH3 is 1. The summed E-state index contributed by atoms with van der Waals surface area (Å²) < 4.78 is 10.4. The van der Waals surface area contributed by atoms with Crippen molar-refractivity contribution in [3.05, 3.63) is 53.3 Å². The van der Waals surface area contributed by atoms with Crippen molar-refractivity contribution in [1.82, 2.24) is 4.98 Å². The molecule has 0 saturated heterocycles. The van der Waals surface area contributed by atoms with Crippen molar-refractivity contribution in [2.75, 3.05) is 12.4 Å². The summed E-state index contributed by atoms with van der Waals surface area (Å²) in [5.41, 5.74) is 1.77. The van der Waals surface area contributed by atoms with E-state index in [-0.39, 0.29) is 11.7 Å². The van der Waals surface area contributed by atoms with Crippen LogP contribution in [0.2, 0.25) is 0 Å². The number of carbonyl (C=O) groups is 1. The van der Waals surface area contributed by atoms with Gasteiger partial charge in [-0.25, -0.2) is 4.98 Å². The van der Waals surface area contributed by atoms with Crippen LogP contribution in [0.5, 0.6) is 5.75 Å². The van der Waals surface area contributed by atoms with Gasteiger partial charge in [0.05, 0.1) is 12.8 Å². The third kappa shape index (κ3) is 3.01. The predicted molar refractivity (Wildman–Crippen MR) is 85.5 cm³/mol. The Labute approximate surface area is 131 Å². The van der Waals surface area contributed by atoms with E-state index in [1.54, 1.807) is 26.2 Å². The lowest BCUT2D eigenvalue weighted by Gasteiger charge is -2.00. The summed E-state index contributed by atoms with van der Waals surface area (Å²) in [6.45, 7) is 1.79. The van der Waals surface area contributed by atoms with Crippen molar-refractivity contribution in [1.29, 1.82) is 0 Å². The molecule has 0 spiro atoms. The number of rotatable bonds is 4. The lowest BCUT2D eigenvalue weighted by atomic mass is 10.2. The highest BCUT2D eigenvalue weighted by molar-refractivity contribution is 7.14. The van der Waals surface area contributed by atoms with Gasteiger partial charge < -0.3 is 9.15 Å². The quantitative estimate of drug-likeness (QED) is 0.791. The van der Waals surface area contributed by atoms with Crippen LogP contribution in [-0.2, 0) is 0 Å². The molecule has 0 unspecified atom stereocenters. The van der Waals surface area contributed by atoms with Crippen LogP contribution in [0.3, 0.4) is 0 Å². The Bertz CT molecular complexity index is 790. The zero-order valence-electron chi connectivity index (χ0n) is 12.1. The van der Waals surface area contributed by atoms with Crippen LogP contribution in [0, 0.1) is 6.92 Å². The van der Waals surface area contributed by atoms with E-state index in [4.69, 9.17) is 9.15 Å². The zero-order chi connectivity index (χ0) is 15.5. The first-order valence-corrected chi connectivity index (χ1v) is 7.51. The van der Waals surface area contributed by atoms with E-state index in [9.17, 15) is 4.79 Å². The Kier molecular flexibility index (Phi) is 3.93. The Hall–Kier alpha value is -2.60. The number of benzene rings is 1. The number of hydrogen-bond acceptors (Lipinski definition) is 5. The summed E-state index contributed by atoms with van der Waals surface area (Å²) in [7, 11) is 1.63. The van der Waals surface area contributed by atoms with Crippen LogP contribution >= 0.6 is 11.3 Å². The number of anilines is 1. The molecule has 0 atom stereocenters. The summed E-state index contributed by atoms with van der Waals surface area (Å²) in [5.74, 6) is 1.46. The van der Waals surface area contributed by atoms with Crippen molar-refractivity contribution >= 4 is 22.4 Å². The molecule has 5 nitrogen and oxygen atoms in total. The SMILES string of the molecule is COc1ccc(-c2csc(NC(=O)c3ccc(C)o3)n2)cc1. The summed E-state index contributed by atoms with van der Waals surface area (Å²) >= 11 is 1.37. The third-order valence-corrected chi connectivity index (χ3v) is 3.83. The second-order valence-corrected chi connectivity index (χ2v) is 5.49. The van der Waals surface area contributed by atoms with E-state index in [0.717, 1.165) is 17.0 Å². The standard InChI is InChI=1S/C16H14N2O3S/c1-10-3-8-14(21-10)15(19)18-16-17-13(9-22-16)11-4-6-12(20-2)7-5-11/h3-9H,1-2H3,(H,17,18,19). The van der Waals surface area contributed by atoms with Crippen LogP contribution in [0.1, 0.15) is 16.3 Å². The summed E-state index contributed by atoms with van der Waals surface area (Å²) in [6, 6.07) is 11.0. The Morgan fingerprint density at radius 2 is 2.00 bits per heavy atom. The molecule has 3 aromatic rings. The van der Waals surface area contributed by atoms with Crippen molar-refractivity contribution in [3.63, 3.8) is 0 Å². The fraction of sp³-hybridized carbons (Fsp3) is 0.125. The molecule has 0 saturated carbocycles. The number of nitrogens with one attached hydrogen (secondary N) is 1. The van der Waals surface area contributed by atoms with Gasteiger partial charge in [0, 0.05) is 10.9 Å². The number of carbonyl (C=O) groups excluding carboxylic acids is 1. The maximum Gasteiger partial charge on any atom is 0.293 e. The van der Waals surface area contributed by atoms with Crippen molar-refractivity contribution in [3.8, 4) is 17.0 Å². The molecule has 6 heteroatoms. The smallest absolute Gasteiger partial charge is 0.293 e. The van der Waals surface area contributed by atoms with Crippen molar-refractivity contribution in [2.24, 2.45) is 0 Å². The largest absolute Gasteiger partial charge is 0.497 e. The average molecular weight is 314 g/mol. The number of hydrogen-bond donors (Lipinski definition) is 1. The zero-order valence-corrected chi connectivity index (χ0v) is 12.9. The second-order valence-electron chi connectivity index (χ2n) is 4.63. The lowest BCUT2D eigenvalue weighted by molar-refractivity contribution is 0.0995. The molecule has 2 aromatic heterocycles. The molecule has 112 valence electrons. The summed E-state index contributed by atoms with van der Waals surface area (Å²) in [4.78, 5) is 16.4. The minimum atomic E-state index is -0.302. The molecule has 1 N–H and O–H groups in total. The predicted octanol–water partition coefficient (Wildman–Crippen LogP) is 3.97. The Morgan fingerprint density at radius 1 is 1.23 bits per heavy atom. The monoisotopic (exact) mass is 314 g/mol. The van der Waals surface area contributed by atoms with Crippen LogP contribution in [0.25, 0.3) is 11.3 Å². The maximum atomic E-state index is 12.0. The van der Waals surface area contributed by atoms with Gasteiger partial charge in [0.2, 0.25) is 0 Å². The van der Waals surface area contributed by atoms with Crippen LogP contribution in [0.4, 0.5) is 5.13 Å². The first kappa shape index (κ1) is 14.3. The number of amides is 1. The Balaban J connectivity index is 1.74. The highest BCUT2D eigenvalue weighted by Gasteiger charge is 2.13. The van der Waals surface area contributed by atoms with Crippen LogP contribution < -0.4 is 10.1 Å². The number of furan rings is 1. The summed E-state index contributed by atoms with van der Waals surface area (Å²) in [6.07, 6.45) is 0. The number of nitrogens with zero attached hydrogens (tertiary/aromatic N) is 1. The molecule has 1 aromatic carbocycles. The van der Waals surface area contributed by atoms with Gasteiger partial charge >= 0.3 is 0 Å². The van der Waals surface area contributed by atoms with E-state index >= 15 is 0 Å². The van der Waals surface area contributed by atoms with E-state index in [1.807, 2.05) is 29.6 Å². The molecule has 2 heterocycles. The second kappa shape index (κ2) is 6.03. The van der Waals surface area contributed by atoms with Crippen LogP contribution in [0.15, 0.2) is 46.2 Å². The van der Waals surface area contributed by atoms with Gasteiger partial charge in [0.15, 0.2) is 10.9 Å². The molecule has 22 heavy (non-hydrogen) atoms. The number of aromatic nitrogens is 1. The van der Waals surface area contributed by atoms with E-state index in [2.05, 4.69) is 10.3 Å². The molecule has 1 amide bonds. The van der Waals surface area contributed by atoms with Gasteiger partial charge in [0.1, 0.15) is 11.5 Å². The Morgan fingerprint density at radius 3 is 2.64 bits per heavy atom. The van der Waals surface area contributed by atoms with E-state index in [0.29, 0.717) is 10.9 Å². The third-order valence-electron chi connectivity index (χ3n) is 3.07. The lowest BCUT2D eigenvalue weighted by Crippen LogP contribution is -2.10. The average Bonchev–Trinajstić information content (AvgIpc) is 3.16. The minimum absolute atomic E-state index is 0.277. The molecule has 0 bridgehead atoms. The molecule has 0 aliphatic heterocycles. The van der Waals surface area contributed by atoms with Crippen LogP contribution in [-0.4, -0.2) is 18.0 Å². The highest BCUT2D eigenvalue weighted by atomic mass is 32.1. The molecule has 3 rings (SSSR count). The number of thiazole rings is 1. The maximum absolute atomic E-state index is 12.0. The van der Waals surface area contributed by atoms with Crippen molar-refractivity contribution in [2.45, 2.75) is 6.92 Å². The molecule has 0 fully saturated rings. The highest BCUT2D eigenvalue weighted by Crippen LogP contribution is 2.26. The van der Waals surface area contributed by atoms with Gasteiger partial charge in [-0.2, -0.15) is 0 Å². The topological polar surface area (TPSA) is 64.4 Å². The summed E-state index contributed by atoms with van der Waals surface area (Å²) in [5, 5.41) is 5.16. The molecular weight excluding hydrogens is 300 g/mol. The van der Waals surface area contributed by atoms with Gasteiger partial charge in [-0.3, -0.25) is 10.1 Å². The molecular formula is C16H14N2O3S. The van der Waals surface area contributed by atoms with Gasteiger partial charge in [-0.1, -0.05) is 0 Å². The van der Waals surface area contributed by atoms with Gasteiger partial charge in [-0.15, -0.1) is 11.3 Å².